The summed E-state index contributed by atoms with van der Waals surface area (Å²) in [6.45, 7) is 12.8. The Balaban J connectivity index is 1.51. The first kappa shape index (κ1) is 13.8. The molecule has 2 heterocycles. The number of nitrogens with zero attached hydrogens (tertiary/aromatic N) is 1. The van der Waals surface area contributed by atoms with E-state index in [1.165, 1.54) is 38.9 Å². The first-order chi connectivity index (χ1) is 8.84. The van der Waals surface area contributed by atoms with Crippen molar-refractivity contribution in [1.29, 1.82) is 0 Å². The van der Waals surface area contributed by atoms with Gasteiger partial charge in [0.2, 0.25) is 0 Å². The fourth-order valence-corrected chi connectivity index (χ4v) is 3.91. The smallest absolute Gasteiger partial charge is 0.0787 e. The van der Waals surface area contributed by atoms with E-state index in [0.29, 0.717) is 12.1 Å². The van der Waals surface area contributed by atoms with Crippen LogP contribution in [0, 0.1) is 5.92 Å². The minimum absolute atomic E-state index is 0.0213. The van der Waals surface area contributed by atoms with Crippen LogP contribution in [0.25, 0.3) is 0 Å². The van der Waals surface area contributed by atoms with E-state index in [2.05, 4.69) is 37.9 Å². The largest absolute Gasteiger partial charge is 0.368 e. The Morgan fingerprint density at radius 3 is 2.47 bits per heavy atom. The van der Waals surface area contributed by atoms with Gasteiger partial charge >= 0.3 is 0 Å². The molecule has 1 aliphatic carbocycles. The summed E-state index contributed by atoms with van der Waals surface area (Å²) in [7, 11) is 0. The van der Waals surface area contributed by atoms with Crippen LogP contribution in [0.15, 0.2) is 0 Å². The molecule has 0 bridgehead atoms. The van der Waals surface area contributed by atoms with Gasteiger partial charge in [-0.05, 0) is 65.8 Å². The van der Waals surface area contributed by atoms with E-state index >= 15 is 0 Å². The van der Waals surface area contributed by atoms with Crippen LogP contribution >= 0.6 is 0 Å². The molecule has 3 heteroatoms. The highest BCUT2D eigenvalue weighted by Crippen LogP contribution is 2.38. The molecule has 1 saturated carbocycles. The molecule has 0 unspecified atom stereocenters. The second kappa shape index (κ2) is 4.71. The molecule has 2 aliphatic heterocycles. The Kier molecular flexibility index (Phi) is 3.43. The zero-order valence-corrected chi connectivity index (χ0v) is 13.0. The third-order valence-corrected chi connectivity index (χ3v) is 5.00. The maximum Gasteiger partial charge on any atom is 0.0787 e. The van der Waals surface area contributed by atoms with Crippen molar-refractivity contribution in [3.63, 3.8) is 0 Å². The molecule has 110 valence electrons. The second-order valence-corrected chi connectivity index (χ2v) is 8.08. The number of nitrogens with one attached hydrogen (secondary N) is 1. The van der Waals surface area contributed by atoms with Crippen molar-refractivity contribution in [2.45, 2.75) is 76.7 Å². The normalized spacial score (nSPS) is 37.9. The predicted molar refractivity (Wildman–Crippen MR) is 78.4 cm³/mol. The molecular weight excluding hydrogens is 236 g/mol. The van der Waals surface area contributed by atoms with Crippen molar-refractivity contribution in [3.8, 4) is 0 Å². The number of likely N-dealkylation sites (tertiary alicyclic amines) is 1. The molecule has 0 aromatic carbocycles. The lowest BCUT2D eigenvalue weighted by molar-refractivity contribution is -0.0704. The molecule has 2 saturated heterocycles. The Morgan fingerprint density at radius 1 is 1.16 bits per heavy atom. The van der Waals surface area contributed by atoms with Crippen molar-refractivity contribution in [2.24, 2.45) is 5.92 Å². The standard InChI is InChI=1S/C16H30N2O/c1-15(2)9-14(16(3,4)19-15)17-13-7-8-18(11-13)10-12-5-6-12/h12-14,17H,5-11H2,1-4H3/t13-,14+/m1/s1. The van der Waals surface area contributed by atoms with E-state index in [1.54, 1.807) is 0 Å². The summed E-state index contributed by atoms with van der Waals surface area (Å²) in [5.41, 5.74) is -0.0130. The van der Waals surface area contributed by atoms with Crippen molar-refractivity contribution < 1.29 is 4.74 Å². The average Bonchev–Trinajstić information content (AvgIpc) is 2.90. The summed E-state index contributed by atoms with van der Waals surface area (Å²) in [6, 6.07) is 1.16. The molecule has 0 amide bonds. The van der Waals surface area contributed by atoms with E-state index in [9.17, 15) is 0 Å². The van der Waals surface area contributed by atoms with Crippen LogP contribution in [0.2, 0.25) is 0 Å². The monoisotopic (exact) mass is 266 g/mol. The maximum absolute atomic E-state index is 6.18. The van der Waals surface area contributed by atoms with Crippen molar-refractivity contribution >= 4 is 0 Å². The molecule has 2 atom stereocenters. The number of rotatable bonds is 4. The van der Waals surface area contributed by atoms with Gasteiger partial charge in [0.25, 0.3) is 0 Å². The number of hydrogen-bond acceptors (Lipinski definition) is 3. The average molecular weight is 266 g/mol. The Labute approximate surface area is 118 Å². The molecule has 0 aromatic heterocycles. The first-order valence-electron chi connectivity index (χ1n) is 8.03. The summed E-state index contributed by atoms with van der Waals surface area (Å²) < 4.78 is 6.18. The van der Waals surface area contributed by atoms with Gasteiger partial charge in [0.05, 0.1) is 11.2 Å². The van der Waals surface area contributed by atoms with Gasteiger partial charge < -0.3 is 15.0 Å². The third kappa shape index (κ3) is 3.32. The van der Waals surface area contributed by atoms with Gasteiger partial charge in [-0.25, -0.2) is 0 Å². The van der Waals surface area contributed by atoms with Gasteiger partial charge in [0.1, 0.15) is 0 Å². The molecule has 0 radical (unpaired) electrons. The van der Waals surface area contributed by atoms with Gasteiger partial charge in [0, 0.05) is 25.2 Å². The molecule has 3 rings (SSSR count). The second-order valence-electron chi connectivity index (χ2n) is 8.08. The Bertz CT molecular complexity index is 336. The fourth-order valence-electron chi connectivity index (χ4n) is 3.91. The minimum atomic E-state index is -0.0343. The van der Waals surface area contributed by atoms with E-state index in [4.69, 9.17) is 4.74 Å². The zero-order chi connectivity index (χ0) is 13.7. The van der Waals surface area contributed by atoms with Crippen LogP contribution in [0.5, 0.6) is 0 Å². The van der Waals surface area contributed by atoms with Crippen molar-refractivity contribution in [2.75, 3.05) is 19.6 Å². The summed E-state index contributed by atoms with van der Waals surface area (Å²) in [4.78, 5) is 2.66. The molecule has 3 nitrogen and oxygen atoms in total. The molecule has 19 heavy (non-hydrogen) atoms. The highest BCUT2D eigenvalue weighted by Gasteiger charge is 2.46. The lowest BCUT2D eigenvalue weighted by Gasteiger charge is -2.30. The predicted octanol–water partition coefficient (Wildman–Crippen LogP) is 2.41. The van der Waals surface area contributed by atoms with Crippen molar-refractivity contribution in [1.82, 2.24) is 10.2 Å². The SMILES string of the molecule is CC1(C)C[C@H](N[C@@H]2CCN(CC3CC3)C2)C(C)(C)O1. The summed E-state index contributed by atoms with van der Waals surface area (Å²) in [6.07, 6.45) is 5.36. The maximum atomic E-state index is 6.18. The van der Waals surface area contributed by atoms with Gasteiger partial charge in [-0.2, -0.15) is 0 Å². The van der Waals surface area contributed by atoms with Crippen LogP contribution in [-0.4, -0.2) is 47.8 Å². The lowest BCUT2D eigenvalue weighted by atomic mass is 9.93. The molecule has 1 N–H and O–H groups in total. The first-order valence-corrected chi connectivity index (χ1v) is 8.03. The highest BCUT2D eigenvalue weighted by molar-refractivity contribution is 5.01. The number of ether oxygens (including phenoxy) is 1. The minimum Gasteiger partial charge on any atom is -0.368 e. The molecule has 0 spiro atoms. The van der Waals surface area contributed by atoms with Gasteiger partial charge in [0.15, 0.2) is 0 Å². The van der Waals surface area contributed by atoms with E-state index in [-0.39, 0.29) is 11.2 Å². The molecule has 3 fully saturated rings. The fraction of sp³-hybridized carbons (Fsp3) is 1.00. The van der Waals surface area contributed by atoms with Crippen LogP contribution in [0.1, 0.15) is 53.4 Å². The van der Waals surface area contributed by atoms with Gasteiger partial charge in [-0.15, -0.1) is 0 Å². The summed E-state index contributed by atoms with van der Waals surface area (Å²) in [5, 5.41) is 3.88. The summed E-state index contributed by atoms with van der Waals surface area (Å²) >= 11 is 0. The number of hydrogen-bond donors (Lipinski definition) is 1. The third-order valence-electron chi connectivity index (χ3n) is 5.00. The van der Waals surface area contributed by atoms with Crippen LogP contribution < -0.4 is 5.32 Å². The molecule has 0 aromatic rings. The highest BCUT2D eigenvalue weighted by atomic mass is 16.5. The van der Waals surface area contributed by atoms with E-state index < -0.39 is 0 Å². The van der Waals surface area contributed by atoms with E-state index in [1.807, 2.05) is 0 Å². The Hall–Kier alpha value is -0.120. The van der Waals surface area contributed by atoms with Crippen LogP contribution in [-0.2, 0) is 4.74 Å². The molecular formula is C16H30N2O. The topological polar surface area (TPSA) is 24.5 Å². The van der Waals surface area contributed by atoms with Crippen LogP contribution in [0.3, 0.4) is 0 Å². The zero-order valence-electron chi connectivity index (χ0n) is 13.0. The van der Waals surface area contributed by atoms with Gasteiger partial charge in [-0.1, -0.05) is 0 Å². The Morgan fingerprint density at radius 2 is 1.89 bits per heavy atom. The van der Waals surface area contributed by atoms with Crippen LogP contribution in [0.4, 0.5) is 0 Å². The van der Waals surface area contributed by atoms with Crippen molar-refractivity contribution in [3.05, 3.63) is 0 Å². The lowest BCUT2D eigenvalue weighted by Crippen LogP contribution is -2.48. The van der Waals surface area contributed by atoms with Gasteiger partial charge in [-0.3, -0.25) is 0 Å². The quantitative estimate of drug-likeness (QED) is 0.845. The molecule has 3 aliphatic rings. The van der Waals surface area contributed by atoms with E-state index in [0.717, 1.165) is 12.3 Å². The summed E-state index contributed by atoms with van der Waals surface area (Å²) in [5.74, 6) is 1.02.